The summed E-state index contributed by atoms with van der Waals surface area (Å²) in [5.41, 5.74) is 7.00. The maximum absolute atomic E-state index is 13.9. The predicted molar refractivity (Wildman–Crippen MR) is 127 cm³/mol. The molecule has 10 nitrogen and oxygen atoms in total. The van der Waals surface area contributed by atoms with Crippen molar-refractivity contribution in [1.82, 2.24) is 10.2 Å². The number of nitrogens with zero attached hydrogens (tertiary/aromatic N) is 1. The van der Waals surface area contributed by atoms with Crippen molar-refractivity contribution in [3.05, 3.63) is 53.1 Å². The molecule has 0 aromatic heterocycles. The monoisotopic (exact) mass is 490 g/mol. The van der Waals surface area contributed by atoms with Crippen LogP contribution in [0.25, 0.3) is 0 Å². The topological polar surface area (TPSA) is 140 Å². The van der Waals surface area contributed by atoms with Crippen molar-refractivity contribution < 1.29 is 28.7 Å². The maximum atomic E-state index is 13.9. The predicted octanol–water partition coefficient (Wildman–Crippen LogP) is 1.16. The molecule has 4 aliphatic heterocycles. The van der Waals surface area contributed by atoms with Gasteiger partial charge in [0.1, 0.15) is 5.54 Å². The number of hydrogen-bond acceptors (Lipinski definition) is 7. The first-order chi connectivity index (χ1) is 17.3. The van der Waals surface area contributed by atoms with Crippen LogP contribution in [-0.2, 0) is 37.7 Å². The summed E-state index contributed by atoms with van der Waals surface area (Å²) in [5.74, 6) is -2.22. The number of nitrogens with one attached hydrogen (secondary N) is 2. The van der Waals surface area contributed by atoms with Crippen LogP contribution >= 0.6 is 0 Å². The highest BCUT2D eigenvalue weighted by Crippen LogP contribution is 2.54. The van der Waals surface area contributed by atoms with E-state index in [0.717, 1.165) is 5.56 Å². The fraction of sp³-hybridized carbons (Fsp3) is 0.385. The van der Waals surface area contributed by atoms with Gasteiger partial charge in [-0.05, 0) is 36.1 Å². The molecule has 4 aliphatic rings. The number of fused-ring (bicyclic) bond motifs is 5. The van der Waals surface area contributed by atoms with Crippen molar-refractivity contribution in [1.29, 1.82) is 0 Å². The minimum absolute atomic E-state index is 0.0318. The summed E-state index contributed by atoms with van der Waals surface area (Å²) in [6, 6.07) is 10.3. The number of carbonyl (C=O) groups is 4. The van der Waals surface area contributed by atoms with Crippen molar-refractivity contribution in [2.24, 2.45) is 17.6 Å². The third-order valence-corrected chi connectivity index (χ3v) is 7.79. The van der Waals surface area contributed by atoms with Crippen molar-refractivity contribution >= 4 is 29.3 Å². The normalized spacial score (nSPS) is 27.5. The van der Waals surface area contributed by atoms with Crippen molar-refractivity contribution in [3.8, 4) is 11.5 Å². The van der Waals surface area contributed by atoms with Gasteiger partial charge in [-0.25, -0.2) is 0 Å². The van der Waals surface area contributed by atoms with E-state index >= 15 is 0 Å². The quantitative estimate of drug-likeness (QED) is 0.516. The molecule has 4 N–H and O–H groups in total. The van der Waals surface area contributed by atoms with Crippen molar-refractivity contribution in [3.63, 3.8) is 0 Å². The molecule has 0 bridgehead atoms. The third-order valence-electron chi connectivity index (χ3n) is 7.79. The van der Waals surface area contributed by atoms with Crippen LogP contribution in [0.4, 0.5) is 5.69 Å². The lowest BCUT2D eigenvalue weighted by atomic mass is 9.76. The number of hydrogen-bond donors (Lipinski definition) is 3. The Morgan fingerprint density at radius 2 is 1.94 bits per heavy atom. The SMILES string of the molecule is CCc1cccc2c1NC(=O)[C@]21N[C@@H](CCC(N)=O)[C@H]2C(=O)N(Cc3ccc4c(c3)OCO4)C(=O)[C@H]21. The largest absolute Gasteiger partial charge is 0.454 e. The molecule has 36 heavy (non-hydrogen) atoms. The van der Waals surface area contributed by atoms with E-state index in [4.69, 9.17) is 15.2 Å². The fourth-order valence-corrected chi connectivity index (χ4v) is 6.17. The van der Waals surface area contributed by atoms with E-state index in [1.54, 1.807) is 18.2 Å². The number of likely N-dealkylation sites (tertiary alicyclic amines) is 1. The van der Waals surface area contributed by atoms with Gasteiger partial charge in [-0.15, -0.1) is 0 Å². The van der Waals surface area contributed by atoms with Crippen LogP contribution in [-0.4, -0.2) is 41.4 Å². The van der Waals surface area contributed by atoms with E-state index in [2.05, 4.69) is 10.6 Å². The van der Waals surface area contributed by atoms with Crippen LogP contribution in [0.3, 0.4) is 0 Å². The molecular formula is C26H26N4O6. The summed E-state index contributed by atoms with van der Waals surface area (Å²) >= 11 is 0. The molecule has 2 aromatic rings. The van der Waals surface area contributed by atoms with E-state index in [1.165, 1.54) is 4.90 Å². The number of para-hydroxylation sites is 1. The Hall–Kier alpha value is -3.92. The lowest BCUT2D eigenvalue weighted by molar-refractivity contribution is -0.143. The molecule has 4 heterocycles. The molecule has 1 spiro atoms. The second-order valence-electron chi connectivity index (χ2n) is 9.66. The fourth-order valence-electron chi connectivity index (χ4n) is 6.17. The zero-order chi connectivity index (χ0) is 25.2. The molecule has 186 valence electrons. The zero-order valence-electron chi connectivity index (χ0n) is 19.7. The van der Waals surface area contributed by atoms with Crippen LogP contribution in [0.5, 0.6) is 11.5 Å². The first kappa shape index (κ1) is 22.5. The van der Waals surface area contributed by atoms with Crippen LogP contribution in [0.2, 0.25) is 0 Å². The molecule has 0 saturated carbocycles. The number of rotatable bonds is 6. The molecule has 0 radical (unpaired) electrons. The van der Waals surface area contributed by atoms with E-state index in [0.29, 0.717) is 34.7 Å². The second kappa shape index (κ2) is 8.06. The van der Waals surface area contributed by atoms with E-state index in [9.17, 15) is 19.2 Å². The Morgan fingerprint density at radius 1 is 1.14 bits per heavy atom. The standard InChI is InChI=1S/C26H26N4O6/c1-2-14-4-3-5-15-22(14)28-25(34)26(15)21-20(16(29-26)7-9-19(27)31)23(32)30(24(21)33)11-13-6-8-17-18(10-13)36-12-35-17/h3-6,8,10,16,20-21,29H,2,7,9,11-12H2,1H3,(H2,27,31)(H,28,34)/t16-,20+,21-,26-/m0/s1. The summed E-state index contributed by atoms with van der Waals surface area (Å²) in [6.07, 6.45) is 0.969. The van der Waals surface area contributed by atoms with Gasteiger partial charge in [0.15, 0.2) is 11.5 Å². The van der Waals surface area contributed by atoms with Crippen LogP contribution in [0.1, 0.15) is 36.5 Å². The molecule has 2 aromatic carbocycles. The third kappa shape index (κ3) is 3.07. The van der Waals surface area contributed by atoms with Gasteiger partial charge in [0.25, 0.3) is 0 Å². The van der Waals surface area contributed by atoms with Crippen molar-refractivity contribution in [2.45, 2.75) is 44.3 Å². The Labute approximate surface area is 207 Å². The average Bonchev–Trinajstić information content (AvgIpc) is 3.59. The number of anilines is 1. The molecule has 4 atom stereocenters. The van der Waals surface area contributed by atoms with Gasteiger partial charge in [0.2, 0.25) is 30.4 Å². The molecule has 0 aliphatic carbocycles. The number of imide groups is 1. The smallest absolute Gasteiger partial charge is 0.250 e. The van der Waals surface area contributed by atoms with Gasteiger partial charge in [0, 0.05) is 23.7 Å². The Kier molecular flexibility index (Phi) is 5.04. The minimum Gasteiger partial charge on any atom is -0.454 e. The molecule has 2 fully saturated rings. The van der Waals surface area contributed by atoms with Crippen LogP contribution in [0.15, 0.2) is 36.4 Å². The summed E-state index contributed by atoms with van der Waals surface area (Å²) < 4.78 is 10.8. The Balaban J connectivity index is 1.41. The van der Waals surface area contributed by atoms with Gasteiger partial charge in [-0.1, -0.05) is 31.2 Å². The number of benzene rings is 2. The van der Waals surface area contributed by atoms with Gasteiger partial charge in [-0.3, -0.25) is 29.4 Å². The first-order valence-corrected chi connectivity index (χ1v) is 12.1. The summed E-state index contributed by atoms with van der Waals surface area (Å²) in [4.78, 5) is 54.1. The zero-order valence-corrected chi connectivity index (χ0v) is 19.7. The van der Waals surface area contributed by atoms with Crippen molar-refractivity contribution in [2.75, 3.05) is 12.1 Å². The average molecular weight is 491 g/mol. The van der Waals surface area contributed by atoms with E-state index < -0.39 is 35.2 Å². The number of primary amides is 1. The van der Waals surface area contributed by atoms with Crippen LogP contribution < -0.4 is 25.8 Å². The molecule has 2 saturated heterocycles. The molecule has 6 rings (SSSR count). The summed E-state index contributed by atoms with van der Waals surface area (Å²) in [7, 11) is 0. The molecular weight excluding hydrogens is 464 g/mol. The Bertz CT molecular complexity index is 1330. The van der Waals surface area contributed by atoms with Gasteiger partial charge < -0.3 is 20.5 Å². The maximum Gasteiger partial charge on any atom is 0.250 e. The highest BCUT2D eigenvalue weighted by molar-refractivity contribution is 6.15. The number of nitrogens with two attached hydrogens (primary N) is 1. The highest BCUT2D eigenvalue weighted by Gasteiger charge is 2.70. The number of ether oxygens (including phenoxy) is 2. The number of amides is 4. The number of carbonyl (C=O) groups excluding carboxylic acids is 4. The lowest BCUT2D eigenvalue weighted by Gasteiger charge is -2.29. The van der Waals surface area contributed by atoms with Gasteiger partial charge >= 0.3 is 0 Å². The number of aryl methyl sites for hydroxylation is 1. The van der Waals surface area contributed by atoms with Gasteiger partial charge in [-0.2, -0.15) is 0 Å². The molecule has 0 unspecified atom stereocenters. The van der Waals surface area contributed by atoms with E-state index in [1.807, 2.05) is 25.1 Å². The minimum atomic E-state index is -1.40. The van der Waals surface area contributed by atoms with E-state index in [-0.39, 0.29) is 38.0 Å². The Morgan fingerprint density at radius 3 is 2.72 bits per heavy atom. The first-order valence-electron chi connectivity index (χ1n) is 12.1. The highest BCUT2D eigenvalue weighted by atomic mass is 16.7. The summed E-state index contributed by atoms with van der Waals surface area (Å²) in [5, 5.41) is 6.31. The summed E-state index contributed by atoms with van der Waals surface area (Å²) in [6.45, 7) is 2.16. The lowest BCUT2D eigenvalue weighted by Crippen LogP contribution is -2.53. The second-order valence-corrected chi connectivity index (χ2v) is 9.66. The molecule has 10 heteroatoms. The molecule has 4 amide bonds. The van der Waals surface area contributed by atoms with Crippen LogP contribution in [0, 0.1) is 11.8 Å². The van der Waals surface area contributed by atoms with Gasteiger partial charge in [0.05, 0.1) is 18.4 Å².